The highest BCUT2D eigenvalue weighted by atomic mass is 35.5. The van der Waals surface area contributed by atoms with E-state index in [0.29, 0.717) is 5.56 Å². The van der Waals surface area contributed by atoms with Crippen LogP contribution in [-0.2, 0) is 14.3 Å². The first-order valence-electron chi connectivity index (χ1n) is 7.49. The molecule has 0 heterocycles. The number of hydrogen-bond acceptors (Lipinski definition) is 4. The van der Waals surface area contributed by atoms with Crippen LogP contribution in [0.1, 0.15) is 11.1 Å². The number of ether oxygens (including phenoxy) is 1. The molecule has 0 aliphatic heterocycles. The first-order chi connectivity index (χ1) is 12.4. The van der Waals surface area contributed by atoms with Crippen molar-refractivity contribution in [2.24, 2.45) is 0 Å². The van der Waals surface area contributed by atoms with Gasteiger partial charge in [-0.05, 0) is 36.8 Å². The van der Waals surface area contributed by atoms with Crippen molar-refractivity contribution in [2.75, 3.05) is 11.9 Å². The highest BCUT2D eigenvalue weighted by Gasteiger charge is 2.14. The Balaban J connectivity index is 1.97. The van der Waals surface area contributed by atoms with Gasteiger partial charge >= 0.3 is 5.97 Å². The number of nitriles is 1. The van der Waals surface area contributed by atoms with E-state index in [1.165, 1.54) is 18.2 Å². The number of aryl methyl sites for hydroxylation is 1. The van der Waals surface area contributed by atoms with Gasteiger partial charge in [-0.15, -0.1) is 0 Å². The summed E-state index contributed by atoms with van der Waals surface area (Å²) in [4.78, 5) is 23.7. The quantitative estimate of drug-likeness (QED) is 0.491. The van der Waals surface area contributed by atoms with E-state index < -0.39 is 24.3 Å². The van der Waals surface area contributed by atoms with Crippen LogP contribution in [0.15, 0.2) is 48.0 Å². The Kier molecular flexibility index (Phi) is 6.48. The van der Waals surface area contributed by atoms with Crippen molar-refractivity contribution in [2.45, 2.75) is 6.92 Å². The SMILES string of the molecule is Cc1ccc(/C=C(\C#N)C(=O)OCC(=O)Nc2cc(Cl)ccc2F)cc1. The number of carbonyl (C=O) groups is 2. The number of hydrogen-bond donors (Lipinski definition) is 1. The van der Waals surface area contributed by atoms with E-state index in [-0.39, 0.29) is 16.3 Å². The van der Waals surface area contributed by atoms with Gasteiger partial charge in [0.2, 0.25) is 0 Å². The molecule has 1 N–H and O–H groups in total. The molecule has 2 aromatic carbocycles. The molecule has 26 heavy (non-hydrogen) atoms. The van der Waals surface area contributed by atoms with Crippen molar-refractivity contribution in [1.29, 1.82) is 5.26 Å². The van der Waals surface area contributed by atoms with Gasteiger partial charge in [0, 0.05) is 5.02 Å². The zero-order valence-corrected chi connectivity index (χ0v) is 14.5. The van der Waals surface area contributed by atoms with Gasteiger partial charge in [0.05, 0.1) is 5.69 Å². The van der Waals surface area contributed by atoms with Gasteiger partial charge in [0.25, 0.3) is 5.91 Å². The van der Waals surface area contributed by atoms with Crippen molar-refractivity contribution < 1.29 is 18.7 Å². The van der Waals surface area contributed by atoms with Crippen LogP contribution < -0.4 is 5.32 Å². The summed E-state index contributed by atoms with van der Waals surface area (Å²) in [6, 6.07) is 12.6. The van der Waals surface area contributed by atoms with Crippen LogP contribution in [0.3, 0.4) is 0 Å². The summed E-state index contributed by atoms with van der Waals surface area (Å²) in [5, 5.41) is 11.6. The van der Waals surface area contributed by atoms with Gasteiger partial charge in [-0.25, -0.2) is 9.18 Å². The molecule has 2 rings (SSSR count). The molecule has 132 valence electrons. The number of benzene rings is 2. The van der Waals surface area contributed by atoms with Gasteiger partial charge in [-0.3, -0.25) is 4.79 Å². The Morgan fingerprint density at radius 1 is 1.27 bits per heavy atom. The maximum Gasteiger partial charge on any atom is 0.349 e. The Morgan fingerprint density at radius 3 is 2.62 bits per heavy atom. The van der Waals surface area contributed by atoms with Crippen LogP contribution in [0, 0.1) is 24.1 Å². The summed E-state index contributed by atoms with van der Waals surface area (Å²) in [5.41, 5.74) is 1.30. The molecule has 0 atom stereocenters. The maximum atomic E-state index is 13.5. The molecular formula is C19H14ClFN2O3. The second-order valence-corrected chi connectivity index (χ2v) is 5.77. The van der Waals surface area contributed by atoms with E-state index in [9.17, 15) is 14.0 Å². The largest absolute Gasteiger partial charge is 0.451 e. The summed E-state index contributed by atoms with van der Waals surface area (Å²) < 4.78 is 18.3. The third-order valence-corrected chi connectivity index (χ3v) is 3.50. The fourth-order valence-corrected chi connectivity index (χ4v) is 2.13. The fourth-order valence-electron chi connectivity index (χ4n) is 1.95. The summed E-state index contributed by atoms with van der Waals surface area (Å²) in [7, 11) is 0. The summed E-state index contributed by atoms with van der Waals surface area (Å²) >= 11 is 5.73. The van der Waals surface area contributed by atoms with Crippen LogP contribution in [0.4, 0.5) is 10.1 Å². The highest BCUT2D eigenvalue weighted by Crippen LogP contribution is 2.19. The predicted octanol–water partition coefficient (Wildman–Crippen LogP) is 3.88. The molecular weight excluding hydrogens is 359 g/mol. The number of anilines is 1. The van der Waals surface area contributed by atoms with E-state index in [4.69, 9.17) is 21.6 Å². The number of amides is 1. The number of nitrogens with zero attached hydrogens (tertiary/aromatic N) is 1. The Labute approximate surface area is 154 Å². The summed E-state index contributed by atoms with van der Waals surface area (Å²) in [6.45, 7) is 1.24. The third-order valence-electron chi connectivity index (χ3n) is 3.27. The second-order valence-electron chi connectivity index (χ2n) is 5.33. The lowest BCUT2D eigenvalue weighted by Crippen LogP contribution is -2.21. The number of halogens is 2. The number of rotatable bonds is 5. The molecule has 0 radical (unpaired) electrons. The van der Waals surface area contributed by atoms with Crippen molar-refractivity contribution in [3.63, 3.8) is 0 Å². The Morgan fingerprint density at radius 2 is 1.96 bits per heavy atom. The molecule has 0 aliphatic rings. The van der Waals surface area contributed by atoms with Gasteiger partial charge < -0.3 is 10.1 Å². The molecule has 2 aromatic rings. The third kappa shape index (κ3) is 5.43. The Bertz CT molecular complexity index is 902. The number of carbonyl (C=O) groups excluding carboxylic acids is 2. The van der Waals surface area contributed by atoms with Gasteiger partial charge in [0.15, 0.2) is 6.61 Å². The zero-order valence-electron chi connectivity index (χ0n) is 13.8. The molecule has 0 saturated heterocycles. The van der Waals surface area contributed by atoms with Crippen molar-refractivity contribution in [3.8, 4) is 6.07 Å². The van der Waals surface area contributed by atoms with E-state index >= 15 is 0 Å². The minimum absolute atomic E-state index is 0.130. The van der Waals surface area contributed by atoms with Crippen LogP contribution in [-0.4, -0.2) is 18.5 Å². The standard InChI is InChI=1S/C19H14ClFN2O3/c1-12-2-4-13(5-3-12)8-14(10-22)19(25)26-11-18(24)23-17-9-15(20)6-7-16(17)21/h2-9H,11H2,1H3,(H,23,24)/b14-8+. The lowest BCUT2D eigenvalue weighted by Gasteiger charge is -2.07. The topological polar surface area (TPSA) is 79.2 Å². The predicted molar refractivity (Wildman–Crippen MR) is 95.8 cm³/mol. The number of nitrogens with one attached hydrogen (secondary N) is 1. The van der Waals surface area contributed by atoms with E-state index in [1.807, 2.05) is 19.1 Å². The normalized spacial score (nSPS) is 10.8. The smallest absolute Gasteiger partial charge is 0.349 e. The lowest BCUT2D eigenvalue weighted by molar-refractivity contribution is -0.142. The molecule has 7 heteroatoms. The average Bonchev–Trinajstić information content (AvgIpc) is 2.62. The lowest BCUT2D eigenvalue weighted by atomic mass is 10.1. The molecule has 1 amide bonds. The molecule has 0 fully saturated rings. The van der Waals surface area contributed by atoms with Crippen LogP contribution in [0.5, 0.6) is 0 Å². The van der Waals surface area contributed by atoms with Crippen LogP contribution in [0.2, 0.25) is 5.02 Å². The Hall–Kier alpha value is -3.17. The minimum atomic E-state index is -0.949. The van der Waals surface area contributed by atoms with Crippen LogP contribution in [0.25, 0.3) is 6.08 Å². The van der Waals surface area contributed by atoms with E-state index in [0.717, 1.165) is 11.6 Å². The molecule has 0 bridgehead atoms. The molecule has 0 spiro atoms. The van der Waals surface area contributed by atoms with Crippen molar-refractivity contribution in [1.82, 2.24) is 0 Å². The first-order valence-corrected chi connectivity index (χ1v) is 7.87. The average molecular weight is 373 g/mol. The molecule has 0 aromatic heterocycles. The van der Waals surface area contributed by atoms with Gasteiger partial charge in [0.1, 0.15) is 17.5 Å². The number of esters is 1. The molecule has 0 aliphatic carbocycles. The van der Waals surface area contributed by atoms with Crippen LogP contribution >= 0.6 is 11.6 Å². The van der Waals surface area contributed by atoms with Crippen molar-refractivity contribution >= 4 is 35.2 Å². The monoisotopic (exact) mass is 372 g/mol. The molecule has 0 saturated carbocycles. The summed E-state index contributed by atoms with van der Waals surface area (Å²) in [5.74, 6) is -2.38. The first kappa shape index (κ1) is 19.2. The van der Waals surface area contributed by atoms with E-state index in [1.54, 1.807) is 18.2 Å². The van der Waals surface area contributed by atoms with E-state index in [2.05, 4.69) is 5.32 Å². The minimum Gasteiger partial charge on any atom is -0.451 e. The second kappa shape index (κ2) is 8.79. The molecule has 5 nitrogen and oxygen atoms in total. The highest BCUT2D eigenvalue weighted by molar-refractivity contribution is 6.30. The fraction of sp³-hybridized carbons (Fsp3) is 0.105. The molecule has 0 unspecified atom stereocenters. The zero-order chi connectivity index (χ0) is 19.1. The summed E-state index contributed by atoms with van der Waals surface area (Å²) in [6.07, 6.45) is 1.36. The van der Waals surface area contributed by atoms with Crippen molar-refractivity contribution in [3.05, 3.63) is 70.0 Å². The van der Waals surface area contributed by atoms with Gasteiger partial charge in [-0.1, -0.05) is 41.4 Å². The maximum absolute atomic E-state index is 13.5. The van der Waals surface area contributed by atoms with Gasteiger partial charge in [-0.2, -0.15) is 5.26 Å².